The zero-order chi connectivity index (χ0) is 14.2. The highest BCUT2D eigenvalue weighted by atomic mass is 79.9. The molecule has 0 aliphatic heterocycles. The maximum Gasteiger partial charge on any atom is 0.169 e. The van der Waals surface area contributed by atoms with Gasteiger partial charge in [-0.25, -0.2) is 0 Å². The Hall–Kier alpha value is -0.940. The molecule has 0 amide bonds. The molecule has 5 heteroatoms. The van der Waals surface area contributed by atoms with E-state index < -0.39 is 0 Å². The molecule has 0 unspecified atom stereocenters. The highest BCUT2D eigenvalue weighted by molar-refractivity contribution is 9.10. The standard InChI is InChI=1S/C14H14Br2N2O/c1-8-4-5-11(15)10(6-8)13(19)7-12-14(16)9(2)17-18(12)3/h4-6H,7H2,1-3H3. The van der Waals surface area contributed by atoms with E-state index in [1.54, 1.807) is 4.68 Å². The molecular formula is C14H14Br2N2O. The van der Waals surface area contributed by atoms with Crippen molar-refractivity contribution in [1.29, 1.82) is 0 Å². The van der Waals surface area contributed by atoms with Crippen LogP contribution in [0.2, 0.25) is 0 Å². The second-order valence-corrected chi connectivity index (χ2v) is 6.20. The summed E-state index contributed by atoms with van der Waals surface area (Å²) in [5.74, 6) is 0.0827. The second-order valence-electron chi connectivity index (χ2n) is 4.55. The highest BCUT2D eigenvalue weighted by Crippen LogP contribution is 2.24. The fraction of sp³-hybridized carbons (Fsp3) is 0.286. The molecule has 1 aromatic carbocycles. The van der Waals surface area contributed by atoms with Crippen LogP contribution < -0.4 is 0 Å². The zero-order valence-electron chi connectivity index (χ0n) is 11.0. The van der Waals surface area contributed by atoms with Gasteiger partial charge in [-0.1, -0.05) is 27.6 Å². The molecular weight excluding hydrogens is 372 g/mol. The number of Topliss-reactive ketones (excluding diaryl/α,β-unsaturated/α-hetero) is 1. The van der Waals surface area contributed by atoms with E-state index in [1.807, 2.05) is 39.1 Å². The molecule has 0 fully saturated rings. The smallest absolute Gasteiger partial charge is 0.169 e. The summed E-state index contributed by atoms with van der Waals surface area (Å²) in [4.78, 5) is 12.4. The summed E-state index contributed by atoms with van der Waals surface area (Å²) in [7, 11) is 1.85. The maximum absolute atomic E-state index is 12.4. The summed E-state index contributed by atoms with van der Waals surface area (Å²) in [6.07, 6.45) is 0.333. The number of aromatic nitrogens is 2. The van der Waals surface area contributed by atoms with Crippen LogP contribution in [0.4, 0.5) is 0 Å². The van der Waals surface area contributed by atoms with Gasteiger partial charge in [-0.3, -0.25) is 9.48 Å². The molecule has 0 radical (unpaired) electrons. The van der Waals surface area contributed by atoms with E-state index in [9.17, 15) is 4.79 Å². The summed E-state index contributed by atoms with van der Waals surface area (Å²) in [5, 5.41) is 4.30. The average molecular weight is 386 g/mol. The Morgan fingerprint density at radius 1 is 1.32 bits per heavy atom. The summed E-state index contributed by atoms with van der Waals surface area (Å²) in [6, 6.07) is 5.79. The first-order valence-corrected chi connectivity index (χ1v) is 7.46. The van der Waals surface area contributed by atoms with E-state index in [2.05, 4.69) is 37.0 Å². The van der Waals surface area contributed by atoms with Gasteiger partial charge in [-0.2, -0.15) is 5.10 Å². The molecule has 2 aromatic rings. The maximum atomic E-state index is 12.4. The van der Waals surface area contributed by atoms with Gasteiger partial charge in [0.2, 0.25) is 0 Å². The summed E-state index contributed by atoms with van der Waals surface area (Å²) in [6.45, 7) is 3.90. The molecule has 0 saturated carbocycles. The number of hydrogen-bond donors (Lipinski definition) is 0. The van der Waals surface area contributed by atoms with Crippen molar-refractivity contribution in [3.8, 4) is 0 Å². The highest BCUT2D eigenvalue weighted by Gasteiger charge is 2.17. The van der Waals surface area contributed by atoms with Crippen LogP contribution >= 0.6 is 31.9 Å². The number of aryl methyl sites for hydroxylation is 3. The number of ketones is 1. The van der Waals surface area contributed by atoms with Crippen LogP contribution in [0.25, 0.3) is 0 Å². The van der Waals surface area contributed by atoms with Crippen molar-refractivity contribution >= 4 is 37.6 Å². The molecule has 100 valence electrons. The molecule has 0 saturated heterocycles. The van der Waals surface area contributed by atoms with E-state index in [-0.39, 0.29) is 5.78 Å². The van der Waals surface area contributed by atoms with Crippen LogP contribution in [0.15, 0.2) is 27.1 Å². The number of nitrogens with zero attached hydrogens (tertiary/aromatic N) is 2. The molecule has 2 rings (SSSR count). The topological polar surface area (TPSA) is 34.9 Å². The van der Waals surface area contributed by atoms with Crippen LogP contribution in [-0.4, -0.2) is 15.6 Å². The number of carbonyl (C=O) groups is 1. The minimum atomic E-state index is 0.0827. The van der Waals surface area contributed by atoms with Gasteiger partial charge in [0.25, 0.3) is 0 Å². The fourth-order valence-corrected chi connectivity index (χ4v) is 2.92. The van der Waals surface area contributed by atoms with E-state index in [1.165, 1.54) is 0 Å². The number of rotatable bonds is 3. The largest absolute Gasteiger partial charge is 0.294 e. The lowest BCUT2D eigenvalue weighted by atomic mass is 10.0. The Balaban J connectivity index is 2.33. The first-order chi connectivity index (χ1) is 8.90. The summed E-state index contributed by atoms with van der Waals surface area (Å²) < 4.78 is 3.49. The van der Waals surface area contributed by atoms with Crippen LogP contribution in [0, 0.1) is 13.8 Å². The van der Waals surface area contributed by atoms with Gasteiger partial charge in [0, 0.05) is 17.1 Å². The van der Waals surface area contributed by atoms with Crippen LogP contribution in [-0.2, 0) is 13.5 Å². The molecule has 0 N–H and O–H groups in total. The molecule has 0 aliphatic carbocycles. The fourth-order valence-electron chi connectivity index (χ4n) is 1.97. The second kappa shape index (κ2) is 5.59. The van der Waals surface area contributed by atoms with E-state index in [4.69, 9.17) is 0 Å². The number of hydrogen-bond acceptors (Lipinski definition) is 2. The third kappa shape index (κ3) is 2.98. The normalized spacial score (nSPS) is 10.8. The lowest BCUT2D eigenvalue weighted by molar-refractivity contribution is 0.0989. The molecule has 0 spiro atoms. The monoisotopic (exact) mass is 384 g/mol. The van der Waals surface area contributed by atoms with Gasteiger partial charge in [0.1, 0.15) is 0 Å². The molecule has 19 heavy (non-hydrogen) atoms. The third-order valence-electron chi connectivity index (χ3n) is 3.01. The zero-order valence-corrected chi connectivity index (χ0v) is 14.2. The minimum Gasteiger partial charge on any atom is -0.294 e. The number of carbonyl (C=O) groups excluding carboxylic acids is 1. The molecule has 0 aliphatic rings. The lowest BCUT2D eigenvalue weighted by Gasteiger charge is -2.06. The van der Waals surface area contributed by atoms with E-state index in [0.29, 0.717) is 12.0 Å². The van der Waals surface area contributed by atoms with Crippen LogP contribution in [0.3, 0.4) is 0 Å². The predicted octanol–water partition coefficient (Wildman–Crippen LogP) is 3.99. The van der Waals surface area contributed by atoms with Crippen molar-refractivity contribution in [3.63, 3.8) is 0 Å². The SMILES string of the molecule is Cc1ccc(Br)c(C(=O)Cc2c(Br)c(C)nn2C)c1. The molecule has 1 heterocycles. The van der Waals surface area contributed by atoms with Crippen molar-refractivity contribution in [2.45, 2.75) is 20.3 Å². The average Bonchev–Trinajstić information content (AvgIpc) is 2.59. The van der Waals surface area contributed by atoms with Crippen molar-refractivity contribution < 1.29 is 4.79 Å². The van der Waals surface area contributed by atoms with Gasteiger partial charge >= 0.3 is 0 Å². The van der Waals surface area contributed by atoms with Crippen molar-refractivity contribution in [2.24, 2.45) is 7.05 Å². The quantitative estimate of drug-likeness (QED) is 0.748. The first-order valence-electron chi connectivity index (χ1n) is 5.87. The third-order valence-corrected chi connectivity index (χ3v) is 4.73. The van der Waals surface area contributed by atoms with Crippen molar-refractivity contribution in [3.05, 3.63) is 49.7 Å². The van der Waals surface area contributed by atoms with Gasteiger partial charge < -0.3 is 0 Å². The van der Waals surface area contributed by atoms with E-state index in [0.717, 1.165) is 25.9 Å². The Bertz CT molecular complexity index is 647. The summed E-state index contributed by atoms with van der Waals surface area (Å²) >= 11 is 6.92. The van der Waals surface area contributed by atoms with Crippen LogP contribution in [0.1, 0.15) is 27.3 Å². The Morgan fingerprint density at radius 3 is 2.58 bits per heavy atom. The molecule has 0 bridgehead atoms. The van der Waals surface area contributed by atoms with Gasteiger partial charge in [-0.05, 0) is 41.9 Å². The van der Waals surface area contributed by atoms with Gasteiger partial charge in [0.15, 0.2) is 5.78 Å². The predicted molar refractivity (Wildman–Crippen MR) is 82.6 cm³/mol. The van der Waals surface area contributed by atoms with Gasteiger partial charge in [-0.15, -0.1) is 0 Å². The first kappa shape index (κ1) is 14.5. The minimum absolute atomic E-state index is 0.0827. The molecule has 3 nitrogen and oxygen atoms in total. The summed E-state index contributed by atoms with van der Waals surface area (Å²) in [5.41, 5.74) is 3.59. The lowest BCUT2D eigenvalue weighted by Crippen LogP contribution is -2.09. The Labute approximate surface area is 129 Å². The number of halogens is 2. The van der Waals surface area contributed by atoms with Gasteiger partial charge in [0.05, 0.1) is 22.3 Å². The van der Waals surface area contributed by atoms with Crippen molar-refractivity contribution in [2.75, 3.05) is 0 Å². The molecule has 1 aromatic heterocycles. The Morgan fingerprint density at radius 2 is 2.00 bits per heavy atom. The molecule has 0 atom stereocenters. The van der Waals surface area contributed by atoms with E-state index >= 15 is 0 Å². The Kier molecular flexibility index (Phi) is 4.26. The number of benzene rings is 1. The van der Waals surface area contributed by atoms with Crippen molar-refractivity contribution in [1.82, 2.24) is 9.78 Å². The van der Waals surface area contributed by atoms with Crippen LogP contribution in [0.5, 0.6) is 0 Å².